The monoisotopic (exact) mass is 280 g/mol. The number of hydrogen-bond acceptors (Lipinski definition) is 3. The van der Waals surface area contributed by atoms with Gasteiger partial charge in [-0.3, -0.25) is 0 Å². The van der Waals surface area contributed by atoms with E-state index >= 15 is 0 Å². The van der Waals surface area contributed by atoms with Crippen molar-refractivity contribution < 1.29 is 4.74 Å². The maximum atomic E-state index is 8.88. The van der Waals surface area contributed by atoms with Crippen LogP contribution in [0.4, 0.5) is 0 Å². The first-order valence-electron chi connectivity index (χ1n) is 6.99. The number of pyridine rings is 1. The van der Waals surface area contributed by atoms with Crippen LogP contribution < -0.4 is 4.74 Å². The van der Waals surface area contributed by atoms with Crippen LogP contribution in [0.2, 0.25) is 0 Å². The molecule has 1 heterocycles. The van der Waals surface area contributed by atoms with E-state index in [-0.39, 0.29) is 5.41 Å². The van der Waals surface area contributed by atoms with E-state index in [0.717, 1.165) is 11.3 Å². The predicted octanol–water partition coefficient (Wildman–Crippen LogP) is 4.14. The summed E-state index contributed by atoms with van der Waals surface area (Å²) in [5.41, 5.74) is 3.80. The molecule has 0 amide bonds. The number of aryl methyl sites for hydroxylation is 1. The zero-order chi connectivity index (χ0) is 15.5. The number of benzene rings is 1. The average Bonchev–Trinajstić information content (AvgIpc) is 2.45. The van der Waals surface area contributed by atoms with Crippen LogP contribution in [-0.2, 0) is 12.0 Å². The van der Waals surface area contributed by atoms with Gasteiger partial charge in [0.05, 0.1) is 0 Å². The van der Waals surface area contributed by atoms with Crippen LogP contribution in [0, 0.1) is 18.3 Å². The van der Waals surface area contributed by atoms with E-state index in [0.29, 0.717) is 12.3 Å². The summed E-state index contributed by atoms with van der Waals surface area (Å²) in [5, 5.41) is 8.88. The number of rotatable bonds is 3. The molecule has 0 unspecified atom stereocenters. The van der Waals surface area contributed by atoms with Gasteiger partial charge in [0.25, 0.3) is 0 Å². The third-order valence-corrected chi connectivity index (χ3v) is 3.28. The summed E-state index contributed by atoms with van der Waals surface area (Å²) in [6.45, 7) is 9.04. The molecule has 21 heavy (non-hydrogen) atoms. The Bertz CT molecular complexity index is 678. The fraction of sp³-hybridized carbons (Fsp3) is 0.333. The summed E-state index contributed by atoms with van der Waals surface area (Å²) in [5.74, 6) is 0.892. The maximum absolute atomic E-state index is 8.88. The van der Waals surface area contributed by atoms with Crippen LogP contribution in [0.15, 0.2) is 36.5 Å². The Morgan fingerprint density at radius 1 is 1.19 bits per heavy atom. The zero-order valence-corrected chi connectivity index (χ0v) is 13.0. The van der Waals surface area contributed by atoms with E-state index in [1.54, 1.807) is 12.3 Å². The number of hydrogen-bond donors (Lipinski definition) is 0. The van der Waals surface area contributed by atoms with Crippen LogP contribution in [0.3, 0.4) is 0 Å². The van der Waals surface area contributed by atoms with Crippen LogP contribution >= 0.6 is 0 Å². The Kier molecular flexibility index (Phi) is 4.28. The molecule has 3 heteroatoms. The molecule has 108 valence electrons. The summed E-state index contributed by atoms with van der Waals surface area (Å²) >= 11 is 0. The normalized spacial score (nSPS) is 11.0. The summed E-state index contributed by atoms with van der Waals surface area (Å²) in [7, 11) is 0. The predicted molar refractivity (Wildman–Crippen MR) is 83.2 cm³/mol. The Labute approximate surface area is 126 Å². The molecule has 1 aromatic heterocycles. The molecule has 0 N–H and O–H groups in total. The van der Waals surface area contributed by atoms with E-state index < -0.39 is 0 Å². The van der Waals surface area contributed by atoms with E-state index in [9.17, 15) is 0 Å². The van der Waals surface area contributed by atoms with Crippen LogP contribution in [-0.4, -0.2) is 4.98 Å². The van der Waals surface area contributed by atoms with Crippen molar-refractivity contribution in [3.63, 3.8) is 0 Å². The van der Waals surface area contributed by atoms with Gasteiger partial charge < -0.3 is 4.74 Å². The van der Waals surface area contributed by atoms with Gasteiger partial charge in [-0.15, -0.1) is 0 Å². The molecular formula is C18H20N2O. The highest BCUT2D eigenvalue weighted by atomic mass is 16.5. The van der Waals surface area contributed by atoms with E-state index in [4.69, 9.17) is 10.00 Å². The molecule has 0 aliphatic heterocycles. The lowest BCUT2D eigenvalue weighted by atomic mass is 9.85. The summed E-state index contributed by atoms with van der Waals surface area (Å²) in [6, 6.07) is 11.9. The van der Waals surface area contributed by atoms with Crippen molar-refractivity contribution in [3.05, 3.63) is 58.9 Å². The van der Waals surface area contributed by atoms with Crippen LogP contribution in [0.25, 0.3) is 0 Å². The molecule has 0 saturated carbocycles. The van der Waals surface area contributed by atoms with Gasteiger partial charge in [0.2, 0.25) is 0 Å². The van der Waals surface area contributed by atoms with Gasteiger partial charge in [0.1, 0.15) is 24.1 Å². The van der Waals surface area contributed by atoms with Crippen LogP contribution in [0.5, 0.6) is 5.75 Å². The lowest BCUT2D eigenvalue weighted by Gasteiger charge is -2.23. The van der Waals surface area contributed by atoms with Crippen LogP contribution in [0.1, 0.15) is 43.2 Å². The summed E-state index contributed by atoms with van der Waals surface area (Å²) in [6.07, 6.45) is 1.64. The van der Waals surface area contributed by atoms with Crippen molar-refractivity contribution in [2.24, 2.45) is 0 Å². The highest BCUT2D eigenvalue weighted by Gasteiger charge is 2.19. The molecule has 3 nitrogen and oxygen atoms in total. The summed E-state index contributed by atoms with van der Waals surface area (Å²) in [4.78, 5) is 3.96. The van der Waals surface area contributed by atoms with Crippen molar-refractivity contribution >= 4 is 0 Å². The molecule has 1 aromatic carbocycles. The van der Waals surface area contributed by atoms with E-state index in [2.05, 4.69) is 44.8 Å². The first kappa shape index (κ1) is 15.1. The fourth-order valence-corrected chi connectivity index (χ4v) is 2.14. The maximum Gasteiger partial charge on any atom is 0.140 e. The van der Waals surface area contributed by atoms with E-state index in [1.165, 1.54) is 11.1 Å². The first-order valence-corrected chi connectivity index (χ1v) is 6.99. The quantitative estimate of drug-likeness (QED) is 0.849. The third-order valence-electron chi connectivity index (χ3n) is 3.28. The van der Waals surface area contributed by atoms with Crippen molar-refractivity contribution in [2.45, 2.75) is 39.7 Å². The molecule has 0 radical (unpaired) electrons. The van der Waals surface area contributed by atoms with Crippen molar-refractivity contribution in [1.82, 2.24) is 4.98 Å². The van der Waals surface area contributed by atoms with Gasteiger partial charge in [-0.2, -0.15) is 5.26 Å². The van der Waals surface area contributed by atoms with Crippen molar-refractivity contribution in [1.29, 1.82) is 5.26 Å². The molecule has 0 aliphatic rings. The molecular weight excluding hydrogens is 260 g/mol. The van der Waals surface area contributed by atoms with Crippen molar-refractivity contribution in [2.75, 3.05) is 0 Å². The van der Waals surface area contributed by atoms with Gasteiger partial charge in [-0.25, -0.2) is 4.98 Å². The number of nitrogens with zero attached hydrogens (tertiary/aromatic N) is 2. The second kappa shape index (κ2) is 5.97. The molecule has 0 aliphatic carbocycles. The Hall–Kier alpha value is -2.34. The molecule has 0 bridgehead atoms. The minimum atomic E-state index is 0.0252. The lowest BCUT2D eigenvalue weighted by molar-refractivity contribution is 0.297. The van der Waals surface area contributed by atoms with Crippen molar-refractivity contribution in [3.8, 4) is 11.8 Å². The molecule has 0 atom stereocenters. The molecule has 0 saturated heterocycles. The van der Waals surface area contributed by atoms with Gasteiger partial charge in [-0.1, -0.05) is 38.5 Å². The zero-order valence-electron chi connectivity index (χ0n) is 13.0. The Balaban J connectivity index is 2.22. The Morgan fingerprint density at radius 2 is 1.95 bits per heavy atom. The van der Waals surface area contributed by atoms with Gasteiger partial charge >= 0.3 is 0 Å². The number of nitriles is 1. The third kappa shape index (κ3) is 3.82. The smallest absolute Gasteiger partial charge is 0.140 e. The highest BCUT2D eigenvalue weighted by Crippen LogP contribution is 2.32. The second-order valence-corrected chi connectivity index (χ2v) is 6.20. The highest BCUT2D eigenvalue weighted by molar-refractivity contribution is 5.41. The molecule has 0 spiro atoms. The molecule has 0 fully saturated rings. The number of aromatic nitrogens is 1. The second-order valence-electron chi connectivity index (χ2n) is 6.20. The van der Waals surface area contributed by atoms with Gasteiger partial charge in [-0.05, 0) is 41.7 Å². The number of ether oxygens (including phenoxy) is 1. The average molecular weight is 280 g/mol. The van der Waals surface area contributed by atoms with Gasteiger partial charge in [0.15, 0.2) is 0 Å². The molecule has 2 aromatic rings. The topological polar surface area (TPSA) is 45.9 Å². The SMILES string of the molecule is Cc1ccc(OCc2ccnc(C#N)c2)c(C(C)(C)C)c1. The van der Waals surface area contributed by atoms with Gasteiger partial charge in [0, 0.05) is 6.20 Å². The minimum Gasteiger partial charge on any atom is -0.489 e. The lowest BCUT2D eigenvalue weighted by Crippen LogP contribution is -2.13. The fourth-order valence-electron chi connectivity index (χ4n) is 2.14. The largest absolute Gasteiger partial charge is 0.489 e. The van der Waals surface area contributed by atoms with E-state index in [1.807, 2.05) is 18.2 Å². The Morgan fingerprint density at radius 3 is 2.62 bits per heavy atom. The summed E-state index contributed by atoms with van der Waals surface area (Å²) < 4.78 is 5.97. The first-order chi connectivity index (χ1) is 9.90. The standard InChI is InChI=1S/C18H20N2O/c1-13-5-6-17(16(9-13)18(2,3)4)21-12-14-7-8-20-15(10-14)11-19/h5-10H,12H2,1-4H3. The molecule has 2 rings (SSSR count). The minimum absolute atomic E-state index is 0.0252.